The van der Waals surface area contributed by atoms with Crippen LogP contribution in [0.1, 0.15) is 11.1 Å². The first-order valence-corrected chi connectivity index (χ1v) is 5.35. The fourth-order valence-corrected chi connectivity index (χ4v) is 1.40. The van der Waals surface area contributed by atoms with E-state index < -0.39 is 0 Å². The summed E-state index contributed by atoms with van der Waals surface area (Å²) in [6.45, 7) is 9.00. The van der Waals surface area contributed by atoms with Crippen LogP contribution in [0.5, 0.6) is 0 Å². The average Bonchev–Trinajstić information content (AvgIpc) is 2.30. The van der Waals surface area contributed by atoms with Crippen molar-refractivity contribution in [1.29, 1.82) is 0 Å². The molecule has 0 fully saturated rings. The van der Waals surface area contributed by atoms with Crippen molar-refractivity contribution in [3.63, 3.8) is 0 Å². The molecule has 0 aliphatic rings. The summed E-state index contributed by atoms with van der Waals surface area (Å²) in [5, 5.41) is 0. The van der Waals surface area contributed by atoms with Gasteiger partial charge >= 0.3 is 0 Å². The molecule has 0 spiro atoms. The third-order valence-electron chi connectivity index (χ3n) is 2.12. The summed E-state index contributed by atoms with van der Waals surface area (Å²) >= 11 is 0. The van der Waals surface area contributed by atoms with E-state index in [4.69, 9.17) is 9.47 Å². The van der Waals surface area contributed by atoms with Gasteiger partial charge in [0.05, 0.1) is 26.1 Å². The number of ether oxygens (including phenoxy) is 2. The highest BCUT2D eigenvalue weighted by Gasteiger charge is 1.96. The molecule has 86 valence electrons. The van der Waals surface area contributed by atoms with Gasteiger partial charge in [-0.05, 0) is 11.1 Å². The van der Waals surface area contributed by atoms with Crippen LogP contribution in [0.4, 0.5) is 0 Å². The molecule has 0 radical (unpaired) electrons. The molecule has 0 N–H and O–H groups in total. The fraction of sp³-hybridized carbons (Fsp3) is 0.286. The van der Waals surface area contributed by atoms with Crippen LogP contribution in [0.3, 0.4) is 0 Å². The molecule has 1 aromatic carbocycles. The molecule has 0 aliphatic heterocycles. The number of hydrogen-bond donors (Lipinski definition) is 0. The zero-order chi connectivity index (χ0) is 11.6. The molecule has 16 heavy (non-hydrogen) atoms. The zero-order valence-corrected chi connectivity index (χ0v) is 9.52. The van der Waals surface area contributed by atoms with Gasteiger partial charge in [0.1, 0.15) is 0 Å². The van der Waals surface area contributed by atoms with Crippen LogP contribution in [0.15, 0.2) is 49.8 Å². The van der Waals surface area contributed by atoms with Crippen molar-refractivity contribution in [2.24, 2.45) is 0 Å². The predicted octanol–water partition coefficient (Wildman–Crippen LogP) is 3.09. The Hall–Kier alpha value is -1.54. The topological polar surface area (TPSA) is 18.5 Å². The van der Waals surface area contributed by atoms with Crippen molar-refractivity contribution in [3.05, 3.63) is 60.9 Å². The van der Waals surface area contributed by atoms with Crippen LogP contribution in [0.25, 0.3) is 0 Å². The van der Waals surface area contributed by atoms with Gasteiger partial charge in [-0.2, -0.15) is 0 Å². The van der Waals surface area contributed by atoms with Crippen molar-refractivity contribution in [2.75, 3.05) is 13.2 Å². The van der Waals surface area contributed by atoms with E-state index in [2.05, 4.69) is 31.4 Å². The minimum atomic E-state index is 0.587. The third kappa shape index (κ3) is 4.80. The van der Waals surface area contributed by atoms with E-state index in [-0.39, 0.29) is 0 Å². The summed E-state index contributed by atoms with van der Waals surface area (Å²) < 4.78 is 10.5. The van der Waals surface area contributed by atoms with Crippen LogP contribution in [-0.4, -0.2) is 13.2 Å². The lowest BCUT2D eigenvalue weighted by molar-refractivity contribution is 0.149. The summed E-state index contributed by atoms with van der Waals surface area (Å²) in [5.41, 5.74) is 2.43. The Bertz CT molecular complexity index is 302. The Morgan fingerprint density at radius 3 is 2.75 bits per heavy atom. The van der Waals surface area contributed by atoms with Gasteiger partial charge in [0.25, 0.3) is 0 Å². The molecule has 1 aromatic rings. The molecule has 0 amide bonds. The van der Waals surface area contributed by atoms with Gasteiger partial charge in [-0.1, -0.05) is 36.9 Å². The average molecular weight is 218 g/mol. The quantitative estimate of drug-likeness (QED) is 0.379. The van der Waals surface area contributed by atoms with Gasteiger partial charge in [0, 0.05) is 6.42 Å². The minimum Gasteiger partial charge on any atom is -0.501 e. The Kier molecular flexibility index (Phi) is 6.04. The Balaban J connectivity index is 2.43. The van der Waals surface area contributed by atoms with Gasteiger partial charge in [-0.25, -0.2) is 0 Å². The van der Waals surface area contributed by atoms with Crippen molar-refractivity contribution >= 4 is 0 Å². The molecule has 0 aromatic heterocycles. The second kappa shape index (κ2) is 7.71. The van der Waals surface area contributed by atoms with Gasteiger partial charge in [0.15, 0.2) is 0 Å². The molecule has 0 atom stereocenters. The Morgan fingerprint density at radius 2 is 2.00 bits per heavy atom. The standard InChI is InChI=1S/C14H18O2/c1-3-9-16-12-14-7-5-6-13(11-14)8-10-15-4-2/h3-7,11H,1-2,8-10,12H2. The molecular formula is C14H18O2. The molecule has 1 rings (SSSR count). The highest BCUT2D eigenvalue weighted by molar-refractivity contribution is 5.23. The summed E-state index contributed by atoms with van der Waals surface area (Å²) in [4.78, 5) is 0. The second-order valence-corrected chi connectivity index (χ2v) is 3.41. The molecule has 0 heterocycles. The SMILES string of the molecule is C=CCOCc1cccc(CCOC=C)c1. The first-order valence-electron chi connectivity index (χ1n) is 5.35. The molecule has 0 saturated heterocycles. The van der Waals surface area contributed by atoms with Crippen LogP contribution in [0, 0.1) is 0 Å². The monoisotopic (exact) mass is 218 g/mol. The van der Waals surface area contributed by atoms with Gasteiger partial charge in [-0.3, -0.25) is 0 Å². The van der Waals surface area contributed by atoms with E-state index in [1.54, 1.807) is 6.08 Å². The van der Waals surface area contributed by atoms with E-state index in [0.717, 1.165) is 6.42 Å². The zero-order valence-electron chi connectivity index (χ0n) is 9.52. The largest absolute Gasteiger partial charge is 0.501 e. The second-order valence-electron chi connectivity index (χ2n) is 3.41. The van der Waals surface area contributed by atoms with E-state index in [1.165, 1.54) is 17.4 Å². The fourth-order valence-electron chi connectivity index (χ4n) is 1.40. The molecular weight excluding hydrogens is 200 g/mol. The highest BCUT2D eigenvalue weighted by Crippen LogP contribution is 2.07. The molecule has 0 aliphatic carbocycles. The summed E-state index contributed by atoms with van der Waals surface area (Å²) in [6.07, 6.45) is 4.11. The molecule has 0 saturated carbocycles. The maximum absolute atomic E-state index is 5.38. The highest BCUT2D eigenvalue weighted by atomic mass is 16.5. The van der Waals surface area contributed by atoms with Crippen molar-refractivity contribution in [2.45, 2.75) is 13.0 Å². The van der Waals surface area contributed by atoms with Crippen LogP contribution >= 0.6 is 0 Å². The number of benzene rings is 1. The van der Waals surface area contributed by atoms with Gasteiger partial charge in [0.2, 0.25) is 0 Å². The first kappa shape index (κ1) is 12.5. The van der Waals surface area contributed by atoms with E-state index in [0.29, 0.717) is 19.8 Å². The summed E-state index contributed by atoms with van der Waals surface area (Å²) in [5.74, 6) is 0. The first-order chi connectivity index (χ1) is 7.86. The number of hydrogen-bond acceptors (Lipinski definition) is 2. The van der Waals surface area contributed by atoms with Crippen LogP contribution < -0.4 is 0 Å². The van der Waals surface area contributed by atoms with Crippen LogP contribution in [0.2, 0.25) is 0 Å². The maximum Gasteiger partial charge on any atom is 0.0913 e. The molecule has 2 heteroatoms. The lowest BCUT2D eigenvalue weighted by Crippen LogP contribution is -1.97. The number of rotatable bonds is 8. The summed E-state index contributed by atoms with van der Waals surface area (Å²) in [7, 11) is 0. The predicted molar refractivity (Wildman–Crippen MR) is 66.1 cm³/mol. The Morgan fingerprint density at radius 1 is 1.19 bits per heavy atom. The van der Waals surface area contributed by atoms with Crippen LogP contribution in [-0.2, 0) is 22.5 Å². The lowest BCUT2D eigenvalue weighted by Gasteiger charge is -2.05. The van der Waals surface area contributed by atoms with Crippen molar-refractivity contribution < 1.29 is 9.47 Å². The molecule has 2 nitrogen and oxygen atoms in total. The smallest absolute Gasteiger partial charge is 0.0913 e. The van der Waals surface area contributed by atoms with E-state index in [1.807, 2.05) is 6.07 Å². The molecule has 0 unspecified atom stereocenters. The lowest BCUT2D eigenvalue weighted by atomic mass is 10.1. The molecule has 0 bridgehead atoms. The third-order valence-corrected chi connectivity index (χ3v) is 2.12. The normalized spacial score (nSPS) is 9.75. The summed E-state index contributed by atoms with van der Waals surface area (Å²) in [6, 6.07) is 8.32. The maximum atomic E-state index is 5.38. The van der Waals surface area contributed by atoms with Gasteiger partial charge < -0.3 is 9.47 Å². The minimum absolute atomic E-state index is 0.587. The van der Waals surface area contributed by atoms with Gasteiger partial charge in [-0.15, -0.1) is 6.58 Å². The van der Waals surface area contributed by atoms with E-state index in [9.17, 15) is 0 Å². The van der Waals surface area contributed by atoms with E-state index >= 15 is 0 Å². The van der Waals surface area contributed by atoms with Crippen molar-refractivity contribution in [1.82, 2.24) is 0 Å². The van der Waals surface area contributed by atoms with Crippen molar-refractivity contribution in [3.8, 4) is 0 Å². The Labute approximate surface area is 97.2 Å².